The van der Waals surface area contributed by atoms with Crippen molar-refractivity contribution in [2.45, 2.75) is 0 Å². The summed E-state index contributed by atoms with van der Waals surface area (Å²) in [4.78, 5) is 0. The maximum absolute atomic E-state index is 10.7. The molecule has 0 aliphatic heterocycles. The smallest absolute Gasteiger partial charge is 0.141 e. The van der Waals surface area contributed by atoms with E-state index in [-0.39, 0.29) is 0 Å². The summed E-state index contributed by atoms with van der Waals surface area (Å²) >= 11 is 4.19. The molecule has 0 aromatic carbocycles. The SMILES string of the molecule is [2H]C([2H])(O)C([2H])([2H])OS(C)(=O)=S. The average Bonchev–Trinajstić information content (AvgIpc) is 1.52. The van der Waals surface area contributed by atoms with E-state index in [4.69, 9.17) is 10.6 Å². The minimum absolute atomic E-state index is 0.923. The fourth-order valence-corrected chi connectivity index (χ4v) is 0.385. The molecule has 0 aromatic rings. The second-order valence-electron chi connectivity index (χ2n) is 1.00. The van der Waals surface area contributed by atoms with Crippen molar-refractivity contribution < 1.29 is 19.0 Å². The Morgan fingerprint density at radius 1 is 2.12 bits per heavy atom. The fourth-order valence-electron chi connectivity index (χ4n) is 0.0943. The van der Waals surface area contributed by atoms with Crippen LogP contribution < -0.4 is 0 Å². The normalized spacial score (nSPS) is 28.8. The van der Waals surface area contributed by atoms with Gasteiger partial charge in [0.1, 0.15) is 8.77 Å². The van der Waals surface area contributed by atoms with Crippen LogP contribution in [0.25, 0.3) is 0 Å². The standard InChI is InChI=1S/C3H8O3S2/c1-8(5,7)6-3-2-4/h4H,2-3H2,1H3/i2D2,3D2. The van der Waals surface area contributed by atoms with Crippen molar-refractivity contribution in [3.05, 3.63) is 0 Å². The maximum Gasteiger partial charge on any atom is 0.141 e. The summed E-state index contributed by atoms with van der Waals surface area (Å²) < 4.78 is 41.5. The van der Waals surface area contributed by atoms with E-state index in [9.17, 15) is 4.21 Å². The molecule has 5 heteroatoms. The van der Waals surface area contributed by atoms with Crippen LogP contribution in [0.4, 0.5) is 0 Å². The van der Waals surface area contributed by atoms with Crippen molar-refractivity contribution in [1.29, 1.82) is 0 Å². The molecule has 0 aromatic heterocycles. The average molecular weight is 160 g/mol. The molecule has 0 heterocycles. The van der Waals surface area contributed by atoms with E-state index in [1.165, 1.54) is 0 Å². The van der Waals surface area contributed by atoms with E-state index >= 15 is 0 Å². The number of hydrogen-bond donors (Lipinski definition) is 1. The van der Waals surface area contributed by atoms with Crippen molar-refractivity contribution in [3.63, 3.8) is 0 Å². The van der Waals surface area contributed by atoms with Gasteiger partial charge in [0.25, 0.3) is 0 Å². The van der Waals surface area contributed by atoms with Gasteiger partial charge >= 0.3 is 0 Å². The first-order valence-corrected chi connectivity index (χ1v) is 4.40. The number of hydrogen-bond acceptors (Lipinski definition) is 4. The molecule has 1 unspecified atom stereocenters. The van der Waals surface area contributed by atoms with E-state index in [0.29, 0.717) is 0 Å². The lowest BCUT2D eigenvalue weighted by atomic mass is 10.8. The van der Waals surface area contributed by atoms with Crippen LogP contribution in [0.1, 0.15) is 5.48 Å². The number of rotatable bonds is 3. The van der Waals surface area contributed by atoms with Crippen LogP contribution in [-0.4, -0.2) is 28.7 Å². The Bertz CT molecular complexity index is 253. The molecule has 0 aliphatic rings. The Kier molecular flexibility index (Phi) is 1.44. The van der Waals surface area contributed by atoms with Gasteiger partial charge in [-0.05, 0) is 0 Å². The molecule has 0 aliphatic carbocycles. The monoisotopic (exact) mass is 160 g/mol. The van der Waals surface area contributed by atoms with Gasteiger partial charge in [0, 0.05) is 17.4 Å². The Morgan fingerprint density at radius 3 is 2.75 bits per heavy atom. The van der Waals surface area contributed by atoms with Gasteiger partial charge in [-0.1, -0.05) is 0 Å². The molecule has 0 fully saturated rings. The third-order valence-corrected chi connectivity index (χ3v) is 0.829. The third-order valence-electron chi connectivity index (χ3n) is 0.239. The lowest BCUT2D eigenvalue weighted by Gasteiger charge is -1.97. The summed E-state index contributed by atoms with van der Waals surface area (Å²) in [5.74, 6) is 0. The van der Waals surface area contributed by atoms with Gasteiger partial charge in [-0.3, -0.25) is 4.18 Å². The first kappa shape index (κ1) is 3.46. The second kappa shape index (κ2) is 3.34. The molecule has 0 bridgehead atoms. The molecule has 0 rings (SSSR count). The zero-order chi connectivity index (χ0) is 10.2. The molecule has 1 atom stereocenters. The number of aliphatic hydroxyl groups is 1. The van der Waals surface area contributed by atoms with Crippen molar-refractivity contribution in [1.82, 2.24) is 0 Å². The van der Waals surface area contributed by atoms with Crippen LogP contribution in [0.15, 0.2) is 0 Å². The highest BCUT2D eigenvalue weighted by Crippen LogP contribution is 1.84. The first-order valence-electron chi connectivity index (χ1n) is 3.59. The van der Waals surface area contributed by atoms with Crippen molar-refractivity contribution >= 4 is 20.0 Å². The molecular formula is C3H8O3S2. The van der Waals surface area contributed by atoms with E-state index in [1.807, 2.05) is 0 Å². The molecule has 8 heavy (non-hydrogen) atoms. The van der Waals surface area contributed by atoms with Gasteiger partial charge in [0.2, 0.25) is 0 Å². The fraction of sp³-hybridized carbons (Fsp3) is 1.00. The van der Waals surface area contributed by atoms with Crippen molar-refractivity contribution in [2.24, 2.45) is 0 Å². The van der Waals surface area contributed by atoms with Crippen molar-refractivity contribution in [3.8, 4) is 0 Å². The van der Waals surface area contributed by atoms with Crippen LogP contribution in [0.3, 0.4) is 0 Å². The van der Waals surface area contributed by atoms with Gasteiger partial charge in [-0.15, -0.1) is 0 Å². The molecule has 0 saturated heterocycles. The summed E-state index contributed by atoms with van der Waals surface area (Å²) in [5, 5.41) is 8.57. The van der Waals surface area contributed by atoms with Crippen LogP contribution in [0.2, 0.25) is 0 Å². The molecule has 0 amide bonds. The van der Waals surface area contributed by atoms with Gasteiger partial charge in [-0.2, -0.15) is 0 Å². The Hall–Kier alpha value is 0.290. The quantitative estimate of drug-likeness (QED) is 0.592. The van der Waals surface area contributed by atoms with Gasteiger partial charge in [0.05, 0.1) is 18.6 Å². The lowest BCUT2D eigenvalue weighted by molar-refractivity contribution is 0.214. The van der Waals surface area contributed by atoms with Crippen molar-refractivity contribution in [2.75, 3.05) is 19.4 Å². The topological polar surface area (TPSA) is 46.5 Å². The predicted octanol–water partition coefficient (Wildman–Crippen LogP) is -0.714. The Morgan fingerprint density at radius 2 is 2.62 bits per heavy atom. The van der Waals surface area contributed by atoms with Crippen LogP contribution in [0, 0.1) is 0 Å². The molecular weight excluding hydrogens is 148 g/mol. The molecule has 1 N–H and O–H groups in total. The largest absolute Gasteiger partial charge is 0.394 e. The maximum atomic E-state index is 10.7. The van der Waals surface area contributed by atoms with E-state index in [1.54, 1.807) is 0 Å². The zero-order valence-corrected chi connectivity index (χ0v) is 5.71. The summed E-state index contributed by atoms with van der Waals surface area (Å²) in [6, 6.07) is 0. The third kappa shape index (κ3) is 6.29. The summed E-state index contributed by atoms with van der Waals surface area (Å²) in [6.07, 6.45) is 0.923. The van der Waals surface area contributed by atoms with Crippen LogP contribution >= 0.6 is 0 Å². The molecule has 50 valence electrons. The van der Waals surface area contributed by atoms with Crippen LogP contribution in [0.5, 0.6) is 0 Å². The molecule has 0 spiro atoms. The second-order valence-corrected chi connectivity index (χ2v) is 4.39. The van der Waals surface area contributed by atoms with Gasteiger partial charge in [-0.25, -0.2) is 4.21 Å². The molecule has 0 radical (unpaired) electrons. The Balaban J connectivity index is 4.67. The molecule has 3 nitrogen and oxygen atoms in total. The van der Waals surface area contributed by atoms with E-state index in [0.717, 1.165) is 6.26 Å². The minimum atomic E-state index is -3.31. The highest BCUT2D eigenvalue weighted by atomic mass is 32.8. The van der Waals surface area contributed by atoms with E-state index < -0.39 is 21.9 Å². The zero-order valence-electron chi connectivity index (χ0n) is 8.08. The van der Waals surface area contributed by atoms with Gasteiger partial charge in [0.15, 0.2) is 0 Å². The van der Waals surface area contributed by atoms with Gasteiger partial charge < -0.3 is 5.11 Å². The molecule has 0 saturated carbocycles. The lowest BCUT2D eigenvalue weighted by Crippen LogP contribution is -2.05. The van der Waals surface area contributed by atoms with Crippen LogP contribution in [-0.2, 0) is 24.1 Å². The summed E-state index contributed by atoms with van der Waals surface area (Å²) in [7, 11) is -3.31. The minimum Gasteiger partial charge on any atom is -0.394 e. The predicted molar refractivity (Wildman–Crippen MR) is 34.5 cm³/mol. The van der Waals surface area contributed by atoms with E-state index in [2.05, 4.69) is 15.4 Å². The summed E-state index contributed by atoms with van der Waals surface area (Å²) in [5.41, 5.74) is 0. The Labute approximate surface area is 59.2 Å². The highest BCUT2D eigenvalue weighted by Gasteiger charge is 1.92. The first-order chi connectivity index (χ1) is 4.96. The summed E-state index contributed by atoms with van der Waals surface area (Å²) in [6.45, 7) is -6.30. The highest BCUT2D eigenvalue weighted by molar-refractivity contribution is 8.29.